The van der Waals surface area contributed by atoms with E-state index in [1.54, 1.807) is 0 Å². The minimum Gasteiger partial charge on any atom is -0.302 e. The summed E-state index contributed by atoms with van der Waals surface area (Å²) >= 11 is 0. The van der Waals surface area contributed by atoms with Crippen LogP contribution < -0.4 is 5.32 Å². The summed E-state index contributed by atoms with van der Waals surface area (Å²) in [4.78, 5) is 0. The lowest BCUT2D eigenvalue weighted by atomic mass is 9.71. The molecule has 1 aliphatic heterocycles. The van der Waals surface area contributed by atoms with Crippen molar-refractivity contribution in [3.63, 3.8) is 0 Å². The highest BCUT2D eigenvalue weighted by Gasteiger charge is 2.45. The van der Waals surface area contributed by atoms with Gasteiger partial charge in [0.2, 0.25) is 0 Å². The van der Waals surface area contributed by atoms with Gasteiger partial charge in [0.05, 0.1) is 0 Å². The zero-order valence-electron chi connectivity index (χ0n) is 8.59. The van der Waals surface area contributed by atoms with Crippen LogP contribution in [0.5, 0.6) is 0 Å². The fourth-order valence-corrected chi connectivity index (χ4v) is 2.59. The van der Waals surface area contributed by atoms with Gasteiger partial charge in [-0.1, -0.05) is 30.3 Å². The zero-order chi connectivity index (χ0) is 9.53. The van der Waals surface area contributed by atoms with Gasteiger partial charge >= 0.3 is 0 Å². The molecule has 0 bridgehead atoms. The lowest BCUT2D eigenvalue weighted by Crippen LogP contribution is -2.65. The predicted octanol–water partition coefficient (Wildman–Crippen LogP) is 2.67. The predicted molar refractivity (Wildman–Crippen MR) is 55.6 cm³/mol. The minimum atomic E-state index is 0.199. The first kappa shape index (κ1) is 8.76. The Bertz CT molecular complexity index is 292. The number of rotatable bonds is 1. The van der Waals surface area contributed by atoms with E-state index >= 15 is 0 Å². The van der Waals surface area contributed by atoms with Gasteiger partial charge in [-0.05, 0) is 32.8 Å². The first-order chi connectivity index (χ1) is 6.02. The van der Waals surface area contributed by atoms with Crippen LogP contribution in [-0.2, 0) is 5.54 Å². The molecule has 1 heterocycles. The van der Waals surface area contributed by atoms with Crippen molar-refractivity contribution in [2.24, 2.45) is 0 Å². The highest BCUT2D eigenvalue weighted by atomic mass is 15.1. The molecule has 2 rings (SSSR count). The van der Waals surface area contributed by atoms with E-state index in [9.17, 15) is 0 Å². The lowest BCUT2D eigenvalue weighted by molar-refractivity contribution is 0.0843. The Balaban J connectivity index is 2.21. The molecule has 70 valence electrons. The van der Waals surface area contributed by atoms with Crippen molar-refractivity contribution in [2.45, 2.75) is 38.3 Å². The quantitative estimate of drug-likeness (QED) is 0.692. The molecule has 0 aliphatic carbocycles. The van der Waals surface area contributed by atoms with E-state index < -0.39 is 0 Å². The van der Waals surface area contributed by atoms with Gasteiger partial charge in [0.1, 0.15) is 0 Å². The Morgan fingerprint density at radius 3 is 2.08 bits per heavy atom. The van der Waals surface area contributed by atoms with Crippen molar-refractivity contribution >= 4 is 0 Å². The third-order valence-electron chi connectivity index (χ3n) is 2.82. The van der Waals surface area contributed by atoms with E-state index in [4.69, 9.17) is 0 Å². The Kier molecular flexibility index (Phi) is 1.74. The second kappa shape index (κ2) is 2.58. The first-order valence-corrected chi connectivity index (χ1v) is 4.87. The maximum atomic E-state index is 3.61. The molecule has 1 heteroatoms. The molecule has 1 N–H and O–H groups in total. The summed E-state index contributed by atoms with van der Waals surface area (Å²) in [6, 6.07) is 10.7. The number of hydrogen-bond acceptors (Lipinski definition) is 1. The van der Waals surface area contributed by atoms with Crippen LogP contribution in [0.1, 0.15) is 32.8 Å². The molecule has 0 saturated carbocycles. The molecule has 0 spiro atoms. The fraction of sp³-hybridized carbons (Fsp3) is 0.500. The number of benzene rings is 1. The van der Waals surface area contributed by atoms with Gasteiger partial charge < -0.3 is 5.32 Å². The molecule has 1 aliphatic rings. The van der Waals surface area contributed by atoms with E-state index in [0.29, 0.717) is 5.54 Å². The summed E-state index contributed by atoms with van der Waals surface area (Å²) in [7, 11) is 0. The molecule has 1 nitrogen and oxygen atoms in total. The smallest absolute Gasteiger partial charge is 0.0427 e. The Hall–Kier alpha value is -0.820. The van der Waals surface area contributed by atoms with Crippen LogP contribution in [-0.4, -0.2) is 5.54 Å². The van der Waals surface area contributed by atoms with Crippen molar-refractivity contribution < 1.29 is 0 Å². The highest BCUT2D eigenvalue weighted by molar-refractivity contribution is 5.28. The summed E-state index contributed by atoms with van der Waals surface area (Å²) in [6.07, 6.45) is 1.21. The molecule has 1 saturated heterocycles. The van der Waals surface area contributed by atoms with E-state index in [1.165, 1.54) is 12.0 Å². The van der Waals surface area contributed by atoms with Gasteiger partial charge in [-0.3, -0.25) is 0 Å². The molecule has 1 fully saturated rings. The molecule has 1 aromatic carbocycles. The Labute approximate surface area is 80.2 Å². The molecular formula is C12H17N. The molecule has 0 aromatic heterocycles. The third kappa shape index (κ3) is 1.49. The average Bonchev–Trinajstić information content (AvgIpc) is 2.02. The molecule has 1 aromatic rings. The van der Waals surface area contributed by atoms with E-state index in [-0.39, 0.29) is 5.54 Å². The summed E-state index contributed by atoms with van der Waals surface area (Å²) in [6.45, 7) is 6.77. The average molecular weight is 175 g/mol. The van der Waals surface area contributed by atoms with Crippen LogP contribution in [0.4, 0.5) is 0 Å². The summed E-state index contributed by atoms with van der Waals surface area (Å²) < 4.78 is 0. The van der Waals surface area contributed by atoms with Crippen LogP contribution in [0.15, 0.2) is 30.3 Å². The molecule has 0 amide bonds. The summed E-state index contributed by atoms with van der Waals surface area (Å²) in [5, 5.41) is 3.61. The van der Waals surface area contributed by atoms with Crippen LogP contribution in [0.2, 0.25) is 0 Å². The van der Waals surface area contributed by atoms with Crippen LogP contribution >= 0.6 is 0 Å². The normalized spacial score (nSPS) is 31.0. The van der Waals surface area contributed by atoms with Crippen molar-refractivity contribution in [2.75, 3.05) is 0 Å². The summed E-state index contributed by atoms with van der Waals surface area (Å²) in [5.41, 5.74) is 1.91. The Morgan fingerprint density at radius 2 is 1.62 bits per heavy atom. The maximum Gasteiger partial charge on any atom is 0.0427 e. The minimum absolute atomic E-state index is 0.199. The van der Waals surface area contributed by atoms with E-state index in [0.717, 1.165) is 0 Å². The monoisotopic (exact) mass is 175 g/mol. The van der Waals surface area contributed by atoms with Crippen LogP contribution in [0, 0.1) is 0 Å². The highest BCUT2D eigenvalue weighted by Crippen LogP contribution is 2.40. The van der Waals surface area contributed by atoms with E-state index in [2.05, 4.69) is 56.4 Å². The lowest BCUT2D eigenvalue weighted by Gasteiger charge is -2.53. The second-order valence-corrected chi connectivity index (χ2v) is 4.88. The molecule has 0 radical (unpaired) electrons. The maximum absolute atomic E-state index is 3.61. The van der Waals surface area contributed by atoms with Crippen molar-refractivity contribution in [3.05, 3.63) is 35.9 Å². The summed E-state index contributed by atoms with van der Waals surface area (Å²) in [5.74, 6) is 0. The van der Waals surface area contributed by atoms with Gasteiger partial charge in [-0.15, -0.1) is 0 Å². The van der Waals surface area contributed by atoms with Gasteiger partial charge in [0.15, 0.2) is 0 Å². The second-order valence-electron chi connectivity index (χ2n) is 4.88. The Morgan fingerprint density at radius 1 is 1.08 bits per heavy atom. The molecule has 13 heavy (non-hydrogen) atoms. The first-order valence-electron chi connectivity index (χ1n) is 4.87. The van der Waals surface area contributed by atoms with Gasteiger partial charge in [0.25, 0.3) is 0 Å². The molecule has 1 unspecified atom stereocenters. The zero-order valence-corrected chi connectivity index (χ0v) is 8.59. The van der Waals surface area contributed by atoms with Crippen molar-refractivity contribution in [1.29, 1.82) is 0 Å². The fourth-order valence-electron chi connectivity index (χ4n) is 2.59. The van der Waals surface area contributed by atoms with Crippen LogP contribution in [0.3, 0.4) is 0 Å². The molecule has 1 atom stereocenters. The third-order valence-corrected chi connectivity index (χ3v) is 2.82. The van der Waals surface area contributed by atoms with Crippen LogP contribution in [0.25, 0.3) is 0 Å². The number of nitrogens with one attached hydrogen (secondary N) is 1. The standard InChI is InChI=1S/C12H17N/c1-11(2)9-12(3,13-11)10-7-5-4-6-8-10/h4-8,13H,9H2,1-3H3. The largest absolute Gasteiger partial charge is 0.302 e. The number of hydrogen-bond donors (Lipinski definition) is 1. The van der Waals surface area contributed by atoms with Gasteiger partial charge in [-0.2, -0.15) is 0 Å². The van der Waals surface area contributed by atoms with Crippen molar-refractivity contribution in [3.8, 4) is 0 Å². The van der Waals surface area contributed by atoms with Crippen molar-refractivity contribution in [1.82, 2.24) is 5.32 Å². The topological polar surface area (TPSA) is 12.0 Å². The molecular weight excluding hydrogens is 158 g/mol. The van der Waals surface area contributed by atoms with Gasteiger partial charge in [0, 0.05) is 11.1 Å². The SMILES string of the molecule is CC1(C)CC(C)(c2ccccc2)N1. The van der Waals surface area contributed by atoms with Gasteiger partial charge in [-0.25, -0.2) is 0 Å². The van der Waals surface area contributed by atoms with E-state index in [1.807, 2.05) is 0 Å².